The summed E-state index contributed by atoms with van der Waals surface area (Å²) in [5, 5.41) is 3.53. The summed E-state index contributed by atoms with van der Waals surface area (Å²) in [6.45, 7) is 6.27. The van der Waals surface area contributed by atoms with E-state index in [-0.39, 0.29) is 5.41 Å². The van der Waals surface area contributed by atoms with Gasteiger partial charge in [0, 0.05) is 17.8 Å². The number of rotatable bonds is 6. The molecule has 1 aliphatic carbocycles. The van der Waals surface area contributed by atoms with Gasteiger partial charge in [0.1, 0.15) is 12.1 Å². The highest BCUT2D eigenvalue weighted by Gasteiger charge is 2.20. The first-order chi connectivity index (χ1) is 9.12. The van der Waals surface area contributed by atoms with E-state index >= 15 is 0 Å². The van der Waals surface area contributed by atoms with Crippen LogP contribution in [0.4, 0.5) is 5.82 Å². The second-order valence-electron chi connectivity index (χ2n) is 6.26. The lowest BCUT2D eigenvalue weighted by atomic mass is 9.87. The van der Waals surface area contributed by atoms with Crippen LogP contribution in [0.2, 0.25) is 0 Å². The average molecular weight is 262 g/mol. The molecule has 0 unspecified atom stereocenters. The Morgan fingerprint density at radius 3 is 2.84 bits per heavy atom. The van der Waals surface area contributed by atoms with E-state index in [1.165, 1.54) is 24.1 Å². The zero-order chi connectivity index (χ0) is 13.7. The third-order valence-corrected chi connectivity index (χ3v) is 3.92. The molecule has 0 saturated heterocycles. The highest BCUT2D eigenvalue weighted by molar-refractivity contribution is 5.47. The number of nitrogens with two attached hydrogens (primary N) is 1. The number of hydrogen-bond donors (Lipinski definition) is 2. The van der Waals surface area contributed by atoms with Gasteiger partial charge in [0.15, 0.2) is 0 Å². The quantitative estimate of drug-likeness (QED) is 0.827. The van der Waals surface area contributed by atoms with E-state index in [1.807, 2.05) is 0 Å². The maximum Gasteiger partial charge on any atom is 0.132 e. The Bertz CT molecular complexity index is 415. The number of fused-ring (bicyclic) bond motifs is 1. The lowest BCUT2D eigenvalue weighted by Gasteiger charge is -2.26. The van der Waals surface area contributed by atoms with Gasteiger partial charge in [-0.1, -0.05) is 13.8 Å². The molecular formula is C15H26N4. The van der Waals surface area contributed by atoms with E-state index in [2.05, 4.69) is 29.1 Å². The van der Waals surface area contributed by atoms with Gasteiger partial charge in [-0.15, -0.1) is 0 Å². The number of nitrogens with zero attached hydrogens (tertiary/aromatic N) is 2. The van der Waals surface area contributed by atoms with Crippen LogP contribution < -0.4 is 11.1 Å². The fraction of sp³-hybridized carbons (Fsp3) is 0.733. The number of aromatic nitrogens is 2. The first-order valence-electron chi connectivity index (χ1n) is 7.39. The summed E-state index contributed by atoms with van der Waals surface area (Å²) in [5.41, 5.74) is 8.42. The molecule has 4 heteroatoms. The lowest BCUT2D eigenvalue weighted by Crippen LogP contribution is -2.25. The van der Waals surface area contributed by atoms with Gasteiger partial charge in [0.25, 0.3) is 0 Å². The van der Waals surface area contributed by atoms with Crippen molar-refractivity contribution in [2.24, 2.45) is 11.1 Å². The first kappa shape index (κ1) is 14.3. The van der Waals surface area contributed by atoms with Gasteiger partial charge < -0.3 is 11.1 Å². The SMILES string of the molecule is CC(C)(CCCN)CNc1ncnc2c1CCCC2. The van der Waals surface area contributed by atoms with E-state index in [9.17, 15) is 0 Å². The molecule has 1 aliphatic rings. The molecule has 0 atom stereocenters. The Balaban J connectivity index is 1.99. The number of nitrogens with one attached hydrogen (secondary N) is 1. The van der Waals surface area contributed by atoms with Crippen LogP contribution >= 0.6 is 0 Å². The van der Waals surface area contributed by atoms with Crippen LogP contribution in [0, 0.1) is 5.41 Å². The zero-order valence-electron chi connectivity index (χ0n) is 12.2. The summed E-state index contributed by atoms with van der Waals surface area (Å²) in [7, 11) is 0. The average Bonchev–Trinajstić information content (AvgIpc) is 2.43. The maximum atomic E-state index is 5.59. The highest BCUT2D eigenvalue weighted by atomic mass is 15.0. The summed E-state index contributed by atoms with van der Waals surface area (Å²) in [6, 6.07) is 0. The molecule has 0 amide bonds. The third-order valence-electron chi connectivity index (χ3n) is 3.92. The molecular weight excluding hydrogens is 236 g/mol. The lowest BCUT2D eigenvalue weighted by molar-refractivity contribution is 0.349. The Labute approximate surface area is 116 Å². The van der Waals surface area contributed by atoms with E-state index in [0.29, 0.717) is 0 Å². The molecule has 0 spiro atoms. The molecule has 19 heavy (non-hydrogen) atoms. The van der Waals surface area contributed by atoms with Crippen molar-refractivity contribution in [3.8, 4) is 0 Å². The van der Waals surface area contributed by atoms with Gasteiger partial charge in [-0.3, -0.25) is 0 Å². The fourth-order valence-corrected chi connectivity index (χ4v) is 2.67. The molecule has 0 aliphatic heterocycles. The van der Waals surface area contributed by atoms with Crippen LogP contribution in [0.15, 0.2) is 6.33 Å². The molecule has 2 rings (SSSR count). The van der Waals surface area contributed by atoms with Crippen LogP contribution in [0.25, 0.3) is 0 Å². The maximum absolute atomic E-state index is 5.59. The molecule has 0 radical (unpaired) electrons. The summed E-state index contributed by atoms with van der Waals surface area (Å²) in [4.78, 5) is 8.83. The van der Waals surface area contributed by atoms with Gasteiger partial charge in [-0.05, 0) is 50.5 Å². The van der Waals surface area contributed by atoms with Crippen LogP contribution in [0.5, 0.6) is 0 Å². The van der Waals surface area contributed by atoms with Crippen molar-refractivity contribution in [2.75, 3.05) is 18.4 Å². The molecule has 0 saturated carbocycles. The summed E-state index contributed by atoms with van der Waals surface area (Å²) in [5.74, 6) is 1.05. The van der Waals surface area contributed by atoms with Crippen molar-refractivity contribution < 1.29 is 0 Å². The van der Waals surface area contributed by atoms with Crippen LogP contribution in [0.1, 0.15) is 50.8 Å². The largest absolute Gasteiger partial charge is 0.369 e. The minimum atomic E-state index is 0.256. The second-order valence-corrected chi connectivity index (χ2v) is 6.26. The Morgan fingerprint density at radius 1 is 1.26 bits per heavy atom. The summed E-state index contributed by atoms with van der Waals surface area (Å²) >= 11 is 0. The second kappa shape index (κ2) is 6.33. The van der Waals surface area contributed by atoms with Crippen LogP contribution in [0.3, 0.4) is 0 Å². The fourth-order valence-electron chi connectivity index (χ4n) is 2.67. The van der Waals surface area contributed by atoms with E-state index < -0.39 is 0 Å². The van der Waals surface area contributed by atoms with Crippen molar-refractivity contribution in [1.29, 1.82) is 0 Å². The van der Waals surface area contributed by atoms with Crippen LogP contribution in [-0.2, 0) is 12.8 Å². The van der Waals surface area contributed by atoms with E-state index in [4.69, 9.17) is 5.73 Å². The Hall–Kier alpha value is -1.16. The standard InChI is InChI=1S/C15H26N4/c1-15(2,8-5-9-16)10-17-14-12-6-3-4-7-13(12)18-11-19-14/h11H,3-10,16H2,1-2H3,(H,17,18,19). The molecule has 106 valence electrons. The van der Waals surface area contributed by atoms with E-state index in [1.54, 1.807) is 6.33 Å². The summed E-state index contributed by atoms with van der Waals surface area (Å²) < 4.78 is 0. The molecule has 1 heterocycles. The van der Waals surface area contributed by atoms with Crippen molar-refractivity contribution in [3.05, 3.63) is 17.6 Å². The van der Waals surface area contributed by atoms with Gasteiger partial charge in [-0.2, -0.15) is 0 Å². The molecule has 1 aromatic heterocycles. The summed E-state index contributed by atoms with van der Waals surface area (Å²) in [6.07, 6.45) is 8.64. The van der Waals surface area contributed by atoms with Gasteiger partial charge in [0.2, 0.25) is 0 Å². The number of aryl methyl sites for hydroxylation is 1. The zero-order valence-corrected chi connectivity index (χ0v) is 12.2. The Kier molecular flexibility index (Phi) is 4.75. The number of anilines is 1. The first-order valence-corrected chi connectivity index (χ1v) is 7.39. The van der Waals surface area contributed by atoms with Crippen molar-refractivity contribution in [3.63, 3.8) is 0 Å². The minimum Gasteiger partial charge on any atom is -0.369 e. The monoisotopic (exact) mass is 262 g/mol. The molecule has 0 bridgehead atoms. The van der Waals surface area contributed by atoms with Crippen molar-refractivity contribution >= 4 is 5.82 Å². The third kappa shape index (κ3) is 3.90. The van der Waals surface area contributed by atoms with Gasteiger partial charge in [-0.25, -0.2) is 9.97 Å². The van der Waals surface area contributed by atoms with Crippen LogP contribution in [-0.4, -0.2) is 23.1 Å². The molecule has 3 N–H and O–H groups in total. The number of hydrogen-bond acceptors (Lipinski definition) is 4. The predicted octanol–water partition coefficient (Wildman–Crippen LogP) is 2.53. The molecule has 0 aromatic carbocycles. The molecule has 1 aromatic rings. The van der Waals surface area contributed by atoms with E-state index in [0.717, 1.165) is 44.6 Å². The Morgan fingerprint density at radius 2 is 2.05 bits per heavy atom. The molecule has 4 nitrogen and oxygen atoms in total. The topological polar surface area (TPSA) is 63.8 Å². The van der Waals surface area contributed by atoms with Crippen molar-refractivity contribution in [2.45, 2.75) is 52.4 Å². The molecule has 0 fully saturated rings. The van der Waals surface area contributed by atoms with Crippen molar-refractivity contribution in [1.82, 2.24) is 9.97 Å². The smallest absolute Gasteiger partial charge is 0.132 e. The normalized spacial score (nSPS) is 15.1. The van der Waals surface area contributed by atoms with Gasteiger partial charge in [0.05, 0.1) is 0 Å². The highest BCUT2D eigenvalue weighted by Crippen LogP contribution is 2.27. The predicted molar refractivity (Wildman–Crippen MR) is 79.2 cm³/mol. The van der Waals surface area contributed by atoms with Gasteiger partial charge >= 0.3 is 0 Å². The minimum absolute atomic E-state index is 0.256.